The monoisotopic (exact) mass is 344 g/mol. The first kappa shape index (κ1) is 18.3. The lowest BCUT2D eigenvalue weighted by Gasteiger charge is -2.32. The fourth-order valence-corrected chi connectivity index (χ4v) is 3.58. The SMILES string of the molecule is CC(C)n1nnnc1CN1CCC[C@@H](CNS(=O)(=O)C(C)C)C1. The molecule has 1 N–H and O–H groups in total. The molecule has 1 atom stereocenters. The fraction of sp³-hybridized carbons (Fsp3) is 0.929. The predicted octanol–water partition coefficient (Wildman–Crippen LogP) is 0.794. The molecule has 1 aromatic rings. The van der Waals surface area contributed by atoms with Crippen molar-refractivity contribution in [2.45, 2.75) is 58.4 Å². The quantitative estimate of drug-likeness (QED) is 0.786. The molecular weight excluding hydrogens is 316 g/mol. The first-order valence-corrected chi connectivity index (χ1v) is 9.81. The molecule has 0 unspecified atom stereocenters. The minimum atomic E-state index is -3.19. The molecule has 23 heavy (non-hydrogen) atoms. The molecule has 1 aliphatic rings. The van der Waals surface area contributed by atoms with Crippen LogP contribution in [0.4, 0.5) is 0 Å². The van der Waals surface area contributed by atoms with Gasteiger partial charge >= 0.3 is 0 Å². The zero-order valence-corrected chi connectivity index (χ0v) is 15.3. The van der Waals surface area contributed by atoms with Crippen molar-refractivity contribution >= 4 is 10.0 Å². The molecule has 8 nitrogen and oxygen atoms in total. The number of hydrogen-bond acceptors (Lipinski definition) is 6. The van der Waals surface area contributed by atoms with Crippen molar-refractivity contribution in [2.75, 3.05) is 19.6 Å². The van der Waals surface area contributed by atoms with Crippen LogP contribution in [0.15, 0.2) is 0 Å². The molecule has 0 saturated carbocycles. The lowest BCUT2D eigenvalue weighted by Crippen LogP contribution is -2.42. The highest BCUT2D eigenvalue weighted by molar-refractivity contribution is 7.90. The number of rotatable bonds is 7. The van der Waals surface area contributed by atoms with Gasteiger partial charge in [-0.3, -0.25) is 4.90 Å². The van der Waals surface area contributed by atoms with Gasteiger partial charge in [-0.15, -0.1) is 5.10 Å². The Morgan fingerprint density at radius 2 is 2.04 bits per heavy atom. The maximum Gasteiger partial charge on any atom is 0.213 e. The summed E-state index contributed by atoms with van der Waals surface area (Å²) >= 11 is 0. The summed E-state index contributed by atoms with van der Waals surface area (Å²) in [5.74, 6) is 1.20. The molecule has 1 aliphatic heterocycles. The molecule has 0 aliphatic carbocycles. The van der Waals surface area contributed by atoms with E-state index in [1.807, 2.05) is 4.68 Å². The number of aromatic nitrogens is 4. The average molecular weight is 344 g/mol. The molecule has 1 fully saturated rings. The van der Waals surface area contributed by atoms with Gasteiger partial charge in [-0.1, -0.05) is 0 Å². The van der Waals surface area contributed by atoms with Crippen LogP contribution in [-0.4, -0.2) is 58.4 Å². The molecule has 9 heteroatoms. The summed E-state index contributed by atoms with van der Waals surface area (Å²) in [5, 5.41) is 11.5. The molecule has 2 heterocycles. The number of nitrogens with one attached hydrogen (secondary N) is 1. The molecule has 0 amide bonds. The van der Waals surface area contributed by atoms with Gasteiger partial charge in [0.25, 0.3) is 0 Å². The number of sulfonamides is 1. The van der Waals surface area contributed by atoms with E-state index >= 15 is 0 Å². The Hall–Kier alpha value is -1.06. The number of hydrogen-bond donors (Lipinski definition) is 1. The Morgan fingerprint density at radius 3 is 2.70 bits per heavy atom. The maximum atomic E-state index is 11.9. The Balaban J connectivity index is 1.90. The van der Waals surface area contributed by atoms with Crippen molar-refractivity contribution in [1.29, 1.82) is 0 Å². The van der Waals surface area contributed by atoms with Gasteiger partial charge in [0.2, 0.25) is 10.0 Å². The van der Waals surface area contributed by atoms with Crippen LogP contribution in [0.25, 0.3) is 0 Å². The van der Waals surface area contributed by atoms with Crippen molar-refractivity contribution in [1.82, 2.24) is 29.8 Å². The number of tetrazole rings is 1. The summed E-state index contributed by atoms with van der Waals surface area (Å²) in [6.45, 7) is 10.6. The Kier molecular flexibility index (Phi) is 6.10. The van der Waals surface area contributed by atoms with Gasteiger partial charge in [-0.2, -0.15) is 0 Å². The van der Waals surface area contributed by atoms with Crippen molar-refractivity contribution < 1.29 is 8.42 Å². The van der Waals surface area contributed by atoms with Gasteiger partial charge in [0, 0.05) is 13.1 Å². The molecular formula is C14H28N6O2S. The van der Waals surface area contributed by atoms with Crippen LogP contribution in [0.2, 0.25) is 0 Å². The van der Waals surface area contributed by atoms with Crippen molar-refractivity contribution in [2.24, 2.45) is 5.92 Å². The summed E-state index contributed by atoms with van der Waals surface area (Å²) in [4.78, 5) is 2.31. The highest BCUT2D eigenvalue weighted by Crippen LogP contribution is 2.18. The topological polar surface area (TPSA) is 93.0 Å². The highest BCUT2D eigenvalue weighted by atomic mass is 32.2. The number of likely N-dealkylation sites (tertiary alicyclic amines) is 1. The molecule has 0 spiro atoms. The molecule has 132 valence electrons. The van der Waals surface area contributed by atoms with E-state index in [1.165, 1.54) is 0 Å². The third-order valence-electron chi connectivity index (χ3n) is 4.21. The maximum absolute atomic E-state index is 11.9. The lowest BCUT2D eigenvalue weighted by atomic mass is 9.98. The summed E-state index contributed by atoms with van der Waals surface area (Å²) < 4.78 is 28.3. The second-order valence-corrected chi connectivity index (χ2v) is 9.14. The zero-order valence-electron chi connectivity index (χ0n) is 14.4. The van der Waals surface area contributed by atoms with Crippen molar-refractivity contribution in [3.8, 4) is 0 Å². The normalized spacial score (nSPS) is 20.5. The van der Waals surface area contributed by atoms with Gasteiger partial charge in [-0.25, -0.2) is 17.8 Å². The van der Waals surface area contributed by atoms with E-state index in [1.54, 1.807) is 13.8 Å². The van der Waals surface area contributed by atoms with E-state index in [0.29, 0.717) is 19.0 Å². The van der Waals surface area contributed by atoms with Gasteiger partial charge in [-0.05, 0) is 63.4 Å². The summed E-state index contributed by atoms with van der Waals surface area (Å²) in [6.07, 6.45) is 2.11. The molecule has 0 radical (unpaired) electrons. The minimum absolute atomic E-state index is 0.235. The molecule has 1 saturated heterocycles. The van der Waals surface area contributed by atoms with E-state index in [2.05, 4.69) is 39.0 Å². The van der Waals surface area contributed by atoms with Crippen LogP contribution in [0, 0.1) is 5.92 Å². The van der Waals surface area contributed by atoms with E-state index in [4.69, 9.17) is 0 Å². The van der Waals surface area contributed by atoms with E-state index < -0.39 is 15.3 Å². The summed E-state index contributed by atoms with van der Waals surface area (Å²) in [6, 6.07) is 0.235. The zero-order chi connectivity index (χ0) is 17.0. The lowest BCUT2D eigenvalue weighted by molar-refractivity contribution is 0.162. The van der Waals surface area contributed by atoms with Gasteiger partial charge in [0.05, 0.1) is 17.8 Å². The second kappa shape index (κ2) is 7.67. The smallest absolute Gasteiger partial charge is 0.213 e. The van der Waals surface area contributed by atoms with Crippen molar-refractivity contribution in [3.05, 3.63) is 5.82 Å². The minimum Gasteiger partial charge on any atom is -0.296 e. The summed E-state index contributed by atoms with van der Waals surface area (Å²) in [5.41, 5.74) is 0. The standard InChI is InChI=1S/C14H28N6O2S/c1-11(2)20-14(16-17-18-20)10-19-7-5-6-13(9-19)8-15-23(21,22)12(3)4/h11-13,15H,5-10H2,1-4H3/t13-/m0/s1. The largest absolute Gasteiger partial charge is 0.296 e. The molecule has 0 bridgehead atoms. The Bertz CT molecular complexity index is 598. The second-order valence-electron chi connectivity index (χ2n) is 6.82. The fourth-order valence-electron chi connectivity index (χ4n) is 2.78. The van der Waals surface area contributed by atoms with Gasteiger partial charge in [0.15, 0.2) is 5.82 Å². The van der Waals surface area contributed by atoms with Crippen LogP contribution in [-0.2, 0) is 16.6 Å². The first-order valence-electron chi connectivity index (χ1n) is 8.27. The Labute approximate surface area is 138 Å². The van der Waals surface area contributed by atoms with Crippen LogP contribution in [0.5, 0.6) is 0 Å². The van der Waals surface area contributed by atoms with E-state index in [9.17, 15) is 8.42 Å². The van der Waals surface area contributed by atoms with Crippen LogP contribution >= 0.6 is 0 Å². The van der Waals surface area contributed by atoms with Crippen molar-refractivity contribution in [3.63, 3.8) is 0 Å². The number of piperidine rings is 1. The van der Waals surface area contributed by atoms with Crippen LogP contribution < -0.4 is 4.72 Å². The van der Waals surface area contributed by atoms with Crippen LogP contribution in [0.1, 0.15) is 52.4 Å². The summed E-state index contributed by atoms with van der Waals surface area (Å²) in [7, 11) is -3.19. The highest BCUT2D eigenvalue weighted by Gasteiger charge is 2.24. The van der Waals surface area contributed by atoms with E-state index in [0.717, 1.165) is 31.8 Å². The molecule has 1 aromatic heterocycles. The van der Waals surface area contributed by atoms with Gasteiger partial charge in [0.1, 0.15) is 0 Å². The number of nitrogens with zero attached hydrogens (tertiary/aromatic N) is 5. The predicted molar refractivity (Wildman–Crippen MR) is 88.3 cm³/mol. The Morgan fingerprint density at radius 1 is 1.30 bits per heavy atom. The average Bonchev–Trinajstić information content (AvgIpc) is 2.94. The van der Waals surface area contributed by atoms with Gasteiger partial charge < -0.3 is 0 Å². The third-order valence-corrected chi connectivity index (χ3v) is 6.02. The van der Waals surface area contributed by atoms with Crippen LogP contribution in [0.3, 0.4) is 0 Å². The molecule has 2 rings (SSSR count). The third kappa shape index (κ3) is 4.95. The molecule has 0 aromatic carbocycles. The van der Waals surface area contributed by atoms with E-state index in [-0.39, 0.29) is 6.04 Å². The first-order chi connectivity index (χ1) is 10.8.